The highest BCUT2D eigenvalue weighted by molar-refractivity contribution is 6.09. The van der Waals surface area contributed by atoms with Gasteiger partial charge in [0.1, 0.15) is 12.1 Å². The van der Waals surface area contributed by atoms with Gasteiger partial charge in [0.05, 0.1) is 22.7 Å². The van der Waals surface area contributed by atoms with Gasteiger partial charge in [-0.2, -0.15) is 0 Å². The zero-order valence-corrected chi connectivity index (χ0v) is 16.7. The molecule has 0 fully saturated rings. The standard InChI is InChI=1S/C21H24F3N5O/c1-26-12-13(11-25)14-9-16(22)19(10-15(14)21(23)24)29-18-6-3-5-17(27-2)20(18)28-7-4-8-30/h3,5-6,8-12,21,25-29H,4,7H2,1-2H3/b13-12+,25-11?. The van der Waals surface area contributed by atoms with Crippen molar-refractivity contribution < 1.29 is 18.0 Å². The Hall–Kier alpha value is -3.49. The van der Waals surface area contributed by atoms with Crippen LogP contribution >= 0.6 is 0 Å². The first kappa shape index (κ1) is 22.8. The van der Waals surface area contributed by atoms with Crippen molar-refractivity contribution in [2.45, 2.75) is 12.8 Å². The summed E-state index contributed by atoms with van der Waals surface area (Å²) in [6, 6.07) is 7.21. The van der Waals surface area contributed by atoms with E-state index in [0.717, 1.165) is 24.6 Å². The van der Waals surface area contributed by atoms with Crippen LogP contribution in [0, 0.1) is 11.2 Å². The van der Waals surface area contributed by atoms with Gasteiger partial charge in [-0.25, -0.2) is 13.2 Å². The van der Waals surface area contributed by atoms with E-state index in [4.69, 9.17) is 5.41 Å². The highest BCUT2D eigenvalue weighted by atomic mass is 19.3. The van der Waals surface area contributed by atoms with Crippen molar-refractivity contribution >= 4 is 40.8 Å². The van der Waals surface area contributed by atoms with E-state index in [2.05, 4.69) is 21.3 Å². The maximum Gasteiger partial charge on any atom is 0.264 e. The summed E-state index contributed by atoms with van der Waals surface area (Å²) in [5.74, 6) is -0.744. The van der Waals surface area contributed by atoms with Crippen molar-refractivity contribution in [2.75, 3.05) is 36.6 Å². The smallest absolute Gasteiger partial charge is 0.264 e. The van der Waals surface area contributed by atoms with Gasteiger partial charge in [-0.3, -0.25) is 0 Å². The van der Waals surface area contributed by atoms with Gasteiger partial charge in [0.2, 0.25) is 0 Å². The highest BCUT2D eigenvalue weighted by Gasteiger charge is 2.20. The molecule has 0 amide bonds. The first-order chi connectivity index (χ1) is 14.5. The average molecular weight is 419 g/mol. The maximum absolute atomic E-state index is 14.8. The molecule has 5 N–H and O–H groups in total. The molecule has 0 aliphatic heterocycles. The second-order valence-corrected chi connectivity index (χ2v) is 6.24. The van der Waals surface area contributed by atoms with Gasteiger partial charge in [0.15, 0.2) is 0 Å². The number of hydrogen-bond donors (Lipinski definition) is 5. The zero-order valence-electron chi connectivity index (χ0n) is 16.7. The molecule has 0 aromatic heterocycles. The van der Waals surface area contributed by atoms with Crippen LogP contribution in [0.2, 0.25) is 0 Å². The van der Waals surface area contributed by atoms with E-state index in [1.807, 2.05) is 0 Å². The zero-order chi connectivity index (χ0) is 22.1. The lowest BCUT2D eigenvalue weighted by molar-refractivity contribution is -0.107. The summed E-state index contributed by atoms with van der Waals surface area (Å²) in [4.78, 5) is 10.6. The number of anilines is 4. The number of para-hydroxylation sites is 1. The number of rotatable bonds is 11. The molecule has 0 aliphatic rings. The molecule has 0 saturated carbocycles. The van der Waals surface area contributed by atoms with Crippen LogP contribution in [0.15, 0.2) is 36.5 Å². The molecule has 2 aromatic rings. The van der Waals surface area contributed by atoms with E-state index >= 15 is 0 Å². The van der Waals surface area contributed by atoms with Gasteiger partial charge in [-0.15, -0.1) is 0 Å². The first-order valence-electron chi connectivity index (χ1n) is 9.22. The summed E-state index contributed by atoms with van der Waals surface area (Å²) in [7, 11) is 3.27. The highest BCUT2D eigenvalue weighted by Crippen LogP contribution is 2.36. The minimum atomic E-state index is -2.87. The normalized spacial score (nSPS) is 11.2. The quantitative estimate of drug-likeness (QED) is 0.206. The SMILES string of the molecule is CN/C=C(\C=N)c1cc(F)c(Nc2cccc(NC)c2NCCC=O)cc1C(F)F. The van der Waals surface area contributed by atoms with Gasteiger partial charge in [0.25, 0.3) is 6.43 Å². The number of benzene rings is 2. The molecule has 6 nitrogen and oxygen atoms in total. The van der Waals surface area contributed by atoms with Crippen molar-refractivity contribution in [1.29, 1.82) is 5.41 Å². The minimum absolute atomic E-state index is 0.0642. The Labute approximate surface area is 173 Å². The number of hydrogen-bond acceptors (Lipinski definition) is 6. The van der Waals surface area contributed by atoms with E-state index in [9.17, 15) is 18.0 Å². The van der Waals surface area contributed by atoms with Crippen LogP contribution < -0.4 is 21.3 Å². The Morgan fingerprint density at radius 1 is 1.17 bits per heavy atom. The van der Waals surface area contributed by atoms with Crippen LogP contribution in [0.25, 0.3) is 5.57 Å². The molecule has 0 unspecified atom stereocenters. The maximum atomic E-state index is 14.8. The van der Waals surface area contributed by atoms with Gasteiger partial charge >= 0.3 is 0 Å². The molecule has 0 spiro atoms. The molecule has 0 heterocycles. The van der Waals surface area contributed by atoms with Gasteiger partial charge in [-0.1, -0.05) is 6.07 Å². The van der Waals surface area contributed by atoms with Crippen molar-refractivity contribution in [1.82, 2.24) is 5.32 Å². The molecule has 9 heteroatoms. The number of halogens is 3. The van der Waals surface area contributed by atoms with E-state index < -0.39 is 17.8 Å². The summed E-state index contributed by atoms with van der Waals surface area (Å²) in [6.45, 7) is 0.359. The molecular weight excluding hydrogens is 395 g/mol. The fraction of sp³-hybridized carbons (Fsp3) is 0.238. The largest absolute Gasteiger partial charge is 0.393 e. The van der Waals surface area contributed by atoms with E-state index in [1.54, 1.807) is 32.3 Å². The number of carbonyl (C=O) groups is 1. The molecule has 0 bridgehead atoms. The lowest BCUT2D eigenvalue weighted by Crippen LogP contribution is -2.08. The molecule has 0 atom stereocenters. The van der Waals surface area contributed by atoms with Crippen LogP contribution in [0.1, 0.15) is 24.0 Å². The Kier molecular flexibility index (Phi) is 8.28. The third kappa shape index (κ3) is 5.31. The molecule has 0 aliphatic carbocycles. The third-order valence-corrected chi connectivity index (χ3v) is 4.31. The number of nitrogens with one attached hydrogen (secondary N) is 5. The lowest BCUT2D eigenvalue weighted by Gasteiger charge is -2.19. The molecule has 160 valence electrons. The molecular formula is C21H24F3N5O. The summed E-state index contributed by atoms with van der Waals surface area (Å²) in [6.07, 6.45) is 0.423. The Morgan fingerprint density at radius 2 is 1.90 bits per heavy atom. The monoisotopic (exact) mass is 419 g/mol. The molecule has 2 aromatic carbocycles. The molecule has 0 saturated heterocycles. The van der Waals surface area contributed by atoms with Gasteiger partial charge in [0, 0.05) is 50.6 Å². The number of carbonyl (C=O) groups excluding carboxylic acids is 1. The van der Waals surface area contributed by atoms with Crippen LogP contribution in [0.3, 0.4) is 0 Å². The van der Waals surface area contributed by atoms with Gasteiger partial charge in [-0.05, 0) is 29.8 Å². The summed E-state index contributed by atoms with van der Waals surface area (Å²) in [5.41, 5.74) is 1.27. The van der Waals surface area contributed by atoms with Crippen molar-refractivity contribution in [2.24, 2.45) is 0 Å². The molecule has 30 heavy (non-hydrogen) atoms. The van der Waals surface area contributed by atoms with Crippen molar-refractivity contribution in [3.63, 3.8) is 0 Å². The van der Waals surface area contributed by atoms with Crippen LogP contribution in [-0.2, 0) is 4.79 Å². The summed E-state index contributed by atoms with van der Waals surface area (Å²) < 4.78 is 42.2. The molecule has 2 rings (SSSR count). The fourth-order valence-electron chi connectivity index (χ4n) is 2.93. The van der Waals surface area contributed by atoms with E-state index in [-0.39, 0.29) is 23.2 Å². The van der Waals surface area contributed by atoms with Crippen molar-refractivity contribution in [3.8, 4) is 0 Å². The number of alkyl halides is 2. The van der Waals surface area contributed by atoms with Crippen molar-refractivity contribution in [3.05, 3.63) is 53.5 Å². The fourth-order valence-corrected chi connectivity index (χ4v) is 2.93. The van der Waals surface area contributed by atoms with Gasteiger partial charge < -0.3 is 31.5 Å². The Morgan fingerprint density at radius 3 is 2.50 bits per heavy atom. The summed E-state index contributed by atoms with van der Waals surface area (Å²) in [5, 5.41) is 19.1. The number of aldehydes is 1. The second-order valence-electron chi connectivity index (χ2n) is 6.24. The third-order valence-electron chi connectivity index (χ3n) is 4.31. The first-order valence-corrected chi connectivity index (χ1v) is 9.22. The topological polar surface area (TPSA) is 89.0 Å². The van der Waals surface area contributed by atoms with Crippen LogP contribution in [0.5, 0.6) is 0 Å². The predicted octanol–water partition coefficient (Wildman–Crippen LogP) is 4.76. The Bertz CT molecular complexity index is 931. The van der Waals surface area contributed by atoms with E-state index in [0.29, 0.717) is 23.6 Å². The summed E-state index contributed by atoms with van der Waals surface area (Å²) >= 11 is 0. The lowest BCUT2D eigenvalue weighted by atomic mass is 9.99. The number of allylic oxidation sites excluding steroid dienone is 1. The predicted molar refractivity (Wildman–Crippen MR) is 116 cm³/mol. The average Bonchev–Trinajstić information content (AvgIpc) is 2.74. The second kappa shape index (κ2) is 10.9. The minimum Gasteiger partial charge on any atom is -0.393 e. The Balaban J connectivity index is 2.51. The van der Waals surface area contributed by atoms with E-state index in [1.165, 1.54) is 6.20 Å². The van der Waals surface area contributed by atoms with Crippen LogP contribution in [-0.4, -0.2) is 33.1 Å². The van der Waals surface area contributed by atoms with Crippen LogP contribution in [0.4, 0.5) is 35.9 Å². The molecule has 0 radical (unpaired) electrons.